The van der Waals surface area contributed by atoms with Crippen LogP contribution in [-0.4, -0.2) is 10.7 Å². The van der Waals surface area contributed by atoms with E-state index in [0.717, 1.165) is 12.8 Å². The lowest BCUT2D eigenvalue weighted by Gasteiger charge is -2.27. The highest BCUT2D eigenvalue weighted by molar-refractivity contribution is 5.24. The molecule has 0 radical (unpaired) electrons. The van der Waals surface area contributed by atoms with Crippen molar-refractivity contribution in [3.8, 4) is 0 Å². The third kappa shape index (κ3) is 4.81. The van der Waals surface area contributed by atoms with E-state index in [2.05, 4.69) is 45.0 Å². The van der Waals surface area contributed by atoms with Gasteiger partial charge in [-0.3, -0.25) is 0 Å². The van der Waals surface area contributed by atoms with E-state index in [1.165, 1.54) is 30.4 Å². The molecule has 1 nitrogen and oxygen atoms in total. The number of aliphatic hydroxyl groups is 1. The Morgan fingerprint density at radius 3 is 2.33 bits per heavy atom. The summed E-state index contributed by atoms with van der Waals surface area (Å²) in [4.78, 5) is 0. The van der Waals surface area contributed by atoms with Crippen LogP contribution in [0.3, 0.4) is 0 Å². The molecule has 1 aromatic carbocycles. The molecule has 1 N–H and O–H groups in total. The summed E-state index contributed by atoms with van der Waals surface area (Å²) in [6.45, 7) is 8.33. The number of unbranched alkanes of at least 4 members (excludes halogenated alkanes) is 1. The molecule has 1 unspecified atom stereocenters. The minimum Gasteiger partial charge on any atom is -0.390 e. The summed E-state index contributed by atoms with van der Waals surface area (Å²) in [5, 5.41) is 10.3. The molecule has 0 aliphatic rings. The van der Waals surface area contributed by atoms with Gasteiger partial charge in [-0.15, -0.1) is 0 Å². The molecule has 0 saturated heterocycles. The fraction of sp³-hybridized carbons (Fsp3) is 0.647. The second-order valence-corrected chi connectivity index (χ2v) is 5.94. The van der Waals surface area contributed by atoms with Gasteiger partial charge < -0.3 is 5.11 Å². The number of rotatable bonds is 7. The van der Waals surface area contributed by atoms with Gasteiger partial charge in [-0.25, -0.2) is 0 Å². The van der Waals surface area contributed by atoms with Crippen molar-refractivity contribution in [3.63, 3.8) is 0 Å². The van der Waals surface area contributed by atoms with E-state index in [-0.39, 0.29) is 0 Å². The van der Waals surface area contributed by atoms with Crippen LogP contribution in [-0.2, 0) is 12.8 Å². The molecular weight excluding hydrogens is 220 g/mol. The molecule has 0 spiro atoms. The average molecular weight is 248 g/mol. The quantitative estimate of drug-likeness (QED) is 0.759. The van der Waals surface area contributed by atoms with Crippen molar-refractivity contribution in [1.82, 2.24) is 0 Å². The second kappa shape index (κ2) is 6.94. The van der Waals surface area contributed by atoms with Crippen molar-refractivity contribution in [2.45, 2.75) is 65.4 Å². The molecule has 0 aliphatic heterocycles. The van der Waals surface area contributed by atoms with E-state index >= 15 is 0 Å². The van der Waals surface area contributed by atoms with Crippen molar-refractivity contribution in [3.05, 3.63) is 35.4 Å². The van der Waals surface area contributed by atoms with Gasteiger partial charge in [-0.2, -0.15) is 0 Å². The molecule has 0 heterocycles. The summed E-state index contributed by atoms with van der Waals surface area (Å²) in [5.41, 5.74) is 2.22. The predicted octanol–water partition coefficient (Wildman–Crippen LogP) is 4.37. The molecule has 0 saturated carbocycles. The Kier molecular flexibility index (Phi) is 5.87. The summed E-state index contributed by atoms with van der Waals surface area (Å²) in [5.74, 6) is 0.306. The standard InChI is InChI=1S/C17H28O/c1-5-6-8-15-9-7-10-16(13-15)11-12-17(4,18)14(2)3/h7,9-10,13-14,18H,5-6,8,11-12H2,1-4H3. The van der Waals surface area contributed by atoms with Gasteiger partial charge in [0.2, 0.25) is 0 Å². The maximum Gasteiger partial charge on any atom is 0.0645 e. The van der Waals surface area contributed by atoms with Gasteiger partial charge in [-0.05, 0) is 49.7 Å². The van der Waals surface area contributed by atoms with Crippen molar-refractivity contribution >= 4 is 0 Å². The molecule has 0 bridgehead atoms. The van der Waals surface area contributed by atoms with E-state index in [9.17, 15) is 5.11 Å². The Balaban J connectivity index is 2.57. The number of benzene rings is 1. The van der Waals surface area contributed by atoms with Crippen molar-refractivity contribution in [1.29, 1.82) is 0 Å². The molecule has 1 aromatic rings. The first-order valence-corrected chi connectivity index (χ1v) is 7.26. The highest BCUT2D eigenvalue weighted by Gasteiger charge is 2.24. The molecule has 18 heavy (non-hydrogen) atoms. The summed E-state index contributed by atoms with van der Waals surface area (Å²) in [7, 11) is 0. The fourth-order valence-corrected chi connectivity index (χ4v) is 2.01. The lowest BCUT2D eigenvalue weighted by Crippen LogP contribution is -2.31. The highest BCUT2D eigenvalue weighted by Crippen LogP contribution is 2.23. The molecule has 0 amide bonds. The van der Waals surface area contributed by atoms with Gasteiger partial charge in [0.1, 0.15) is 0 Å². The van der Waals surface area contributed by atoms with E-state index in [0.29, 0.717) is 5.92 Å². The average Bonchev–Trinajstić information content (AvgIpc) is 2.34. The Hall–Kier alpha value is -0.820. The zero-order chi connectivity index (χ0) is 13.6. The topological polar surface area (TPSA) is 20.2 Å². The summed E-state index contributed by atoms with van der Waals surface area (Å²) >= 11 is 0. The van der Waals surface area contributed by atoms with Crippen LogP contribution in [0.15, 0.2) is 24.3 Å². The molecule has 102 valence electrons. The lowest BCUT2D eigenvalue weighted by molar-refractivity contribution is 0.00568. The molecule has 1 atom stereocenters. The van der Waals surface area contributed by atoms with Gasteiger partial charge >= 0.3 is 0 Å². The first-order chi connectivity index (χ1) is 8.45. The molecule has 0 aliphatic carbocycles. The SMILES string of the molecule is CCCCc1cccc(CCC(C)(O)C(C)C)c1. The maximum absolute atomic E-state index is 10.3. The highest BCUT2D eigenvalue weighted by atomic mass is 16.3. The van der Waals surface area contributed by atoms with Gasteiger partial charge in [0, 0.05) is 0 Å². The van der Waals surface area contributed by atoms with Crippen LogP contribution in [0.2, 0.25) is 0 Å². The van der Waals surface area contributed by atoms with Crippen LogP contribution >= 0.6 is 0 Å². The van der Waals surface area contributed by atoms with Crippen molar-refractivity contribution in [2.75, 3.05) is 0 Å². The summed E-state index contributed by atoms with van der Waals surface area (Å²) in [6, 6.07) is 8.82. The van der Waals surface area contributed by atoms with Crippen molar-refractivity contribution < 1.29 is 5.11 Å². The van der Waals surface area contributed by atoms with E-state index in [1.807, 2.05) is 6.92 Å². The Labute approximate surface area is 112 Å². The second-order valence-electron chi connectivity index (χ2n) is 5.94. The first-order valence-electron chi connectivity index (χ1n) is 7.26. The van der Waals surface area contributed by atoms with E-state index in [4.69, 9.17) is 0 Å². The molecule has 1 heteroatoms. The van der Waals surface area contributed by atoms with Crippen LogP contribution in [0.1, 0.15) is 58.1 Å². The maximum atomic E-state index is 10.3. The lowest BCUT2D eigenvalue weighted by atomic mass is 9.86. The fourth-order valence-electron chi connectivity index (χ4n) is 2.01. The Morgan fingerprint density at radius 1 is 1.17 bits per heavy atom. The van der Waals surface area contributed by atoms with Gasteiger partial charge in [0.15, 0.2) is 0 Å². The molecule has 0 aromatic heterocycles. The van der Waals surface area contributed by atoms with Gasteiger partial charge in [-0.1, -0.05) is 51.5 Å². The van der Waals surface area contributed by atoms with E-state index in [1.54, 1.807) is 0 Å². The largest absolute Gasteiger partial charge is 0.390 e. The van der Waals surface area contributed by atoms with Crippen LogP contribution in [0, 0.1) is 5.92 Å². The Bertz CT molecular complexity index is 352. The summed E-state index contributed by atoms with van der Waals surface area (Å²) < 4.78 is 0. The van der Waals surface area contributed by atoms with Crippen LogP contribution < -0.4 is 0 Å². The number of hydrogen-bond acceptors (Lipinski definition) is 1. The normalized spacial score (nSPS) is 14.8. The van der Waals surface area contributed by atoms with E-state index < -0.39 is 5.60 Å². The molecule has 0 fully saturated rings. The zero-order valence-electron chi connectivity index (χ0n) is 12.4. The van der Waals surface area contributed by atoms with Crippen LogP contribution in [0.25, 0.3) is 0 Å². The molecule has 1 rings (SSSR count). The zero-order valence-corrected chi connectivity index (χ0v) is 12.4. The predicted molar refractivity (Wildman–Crippen MR) is 78.8 cm³/mol. The smallest absolute Gasteiger partial charge is 0.0645 e. The summed E-state index contributed by atoms with van der Waals surface area (Å²) in [6.07, 6.45) is 5.47. The third-order valence-electron chi connectivity index (χ3n) is 3.97. The Morgan fingerprint density at radius 2 is 1.78 bits per heavy atom. The molecular formula is C17H28O. The van der Waals surface area contributed by atoms with Gasteiger partial charge in [0.05, 0.1) is 5.60 Å². The number of hydrogen-bond donors (Lipinski definition) is 1. The van der Waals surface area contributed by atoms with Crippen LogP contribution in [0.5, 0.6) is 0 Å². The van der Waals surface area contributed by atoms with Crippen LogP contribution in [0.4, 0.5) is 0 Å². The number of aryl methyl sites for hydroxylation is 2. The van der Waals surface area contributed by atoms with Crippen molar-refractivity contribution in [2.24, 2.45) is 5.92 Å². The van der Waals surface area contributed by atoms with Gasteiger partial charge in [0.25, 0.3) is 0 Å². The minimum absolute atomic E-state index is 0.306. The third-order valence-corrected chi connectivity index (χ3v) is 3.97. The monoisotopic (exact) mass is 248 g/mol. The first kappa shape index (κ1) is 15.2. The minimum atomic E-state index is -0.556.